The lowest BCUT2D eigenvalue weighted by Gasteiger charge is -1.92. The van der Waals surface area contributed by atoms with Crippen molar-refractivity contribution in [3.8, 4) is 0 Å². The van der Waals surface area contributed by atoms with Crippen molar-refractivity contribution in [1.29, 1.82) is 0 Å². The number of hydrogen-bond acceptors (Lipinski definition) is 5. The average molecular weight is 218 g/mol. The average Bonchev–Trinajstić information content (AvgIpc) is 2.66. The van der Waals surface area contributed by atoms with Gasteiger partial charge < -0.3 is 0 Å². The number of anilines is 1. The normalized spacial score (nSPS) is 10.7. The first-order chi connectivity index (χ1) is 7.34. The third kappa shape index (κ3) is 2.85. The van der Waals surface area contributed by atoms with Gasteiger partial charge in [-0.2, -0.15) is 5.10 Å². The number of hydrogen-bond donors (Lipinski definition) is 1. The summed E-state index contributed by atoms with van der Waals surface area (Å²) in [6, 6.07) is 3.77. The molecule has 0 amide bonds. The van der Waals surface area contributed by atoms with Crippen molar-refractivity contribution in [2.24, 2.45) is 5.10 Å². The van der Waals surface area contributed by atoms with Gasteiger partial charge in [-0.25, -0.2) is 4.98 Å². The van der Waals surface area contributed by atoms with E-state index < -0.39 is 0 Å². The van der Waals surface area contributed by atoms with E-state index in [-0.39, 0.29) is 0 Å². The van der Waals surface area contributed by atoms with E-state index in [4.69, 9.17) is 0 Å². The fraction of sp³-hybridized carbons (Fsp3) is 0.100. The Morgan fingerprint density at radius 1 is 1.40 bits per heavy atom. The fourth-order valence-corrected chi connectivity index (χ4v) is 1.65. The van der Waals surface area contributed by atoms with E-state index in [0.717, 1.165) is 16.4 Å². The standard InChI is InChI=1S/C10H10N4S/c1-8-7-15-10(13-8)14-12-6-9-2-4-11-5-3-9/h2-7H,1H3,(H,13,14)/b12-6-. The lowest BCUT2D eigenvalue weighted by Crippen LogP contribution is -1.89. The van der Waals surface area contributed by atoms with Gasteiger partial charge in [-0.3, -0.25) is 10.4 Å². The maximum absolute atomic E-state index is 4.22. The molecular formula is C10H10N4S. The predicted molar refractivity (Wildman–Crippen MR) is 62.3 cm³/mol. The number of aryl methyl sites for hydroxylation is 1. The van der Waals surface area contributed by atoms with Crippen LogP contribution in [0.2, 0.25) is 0 Å². The summed E-state index contributed by atoms with van der Waals surface area (Å²) in [6.07, 6.45) is 5.20. The number of aromatic nitrogens is 2. The Morgan fingerprint density at radius 2 is 2.20 bits per heavy atom. The Kier molecular flexibility index (Phi) is 3.04. The van der Waals surface area contributed by atoms with Gasteiger partial charge in [-0.05, 0) is 24.6 Å². The Balaban J connectivity index is 1.96. The molecule has 15 heavy (non-hydrogen) atoms. The van der Waals surface area contributed by atoms with Gasteiger partial charge in [0.05, 0.1) is 11.9 Å². The molecule has 0 saturated heterocycles. The molecule has 0 aliphatic carbocycles. The molecule has 2 rings (SSSR count). The van der Waals surface area contributed by atoms with Crippen LogP contribution in [-0.4, -0.2) is 16.2 Å². The van der Waals surface area contributed by atoms with E-state index >= 15 is 0 Å². The van der Waals surface area contributed by atoms with Gasteiger partial charge in [0.25, 0.3) is 0 Å². The number of rotatable bonds is 3. The highest BCUT2D eigenvalue weighted by Crippen LogP contribution is 2.13. The first-order valence-electron chi connectivity index (χ1n) is 4.46. The highest BCUT2D eigenvalue weighted by atomic mass is 32.1. The van der Waals surface area contributed by atoms with Crippen LogP contribution in [0.4, 0.5) is 5.13 Å². The zero-order valence-electron chi connectivity index (χ0n) is 8.21. The second-order valence-corrected chi connectivity index (χ2v) is 3.80. The molecule has 0 radical (unpaired) electrons. The van der Waals surface area contributed by atoms with Gasteiger partial charge >= 0.3 is 0 Å². The molecule has 2 heterocycles. The first kappa shape index (κ1) is 9.79. The monoisotopic (exact) mass is 218 g/mol. The molecule has 0 saturated carbocycles. The summed E-state index contributed by atoms with van der Waals surface area (Å²) in [6.45, 7) is 1.95. The summed E-state index contributed by atoms with van der Waals surface area (Å²) in [5.41, 5.74) is 4.88. The molecule has 76 valence electrons. The summed E-state index contributed by atoms with van der Waals surface area (Å²) in [5, 5.41) is 6.85. The third-order valence-corrected chi connectivity index (χ3v) is 2.56. The molecule has 0 aromatic carbocycles. The van der Waals surface area contributed by atoms with Gasteiger partial charge in [-0.15, -0.1) is 11.3 Å². The molecular weight excluding hydrogens is 208 g/mol. The van der Waals surface area contributed by atoms with Gasteiger partial charge in [0.15, 0.2) is 0 Å². The van der Waals surface area contributed by atoms with E-state index in [1.807, 2.05) is 24.4 Å². The molecule has 0 fully saturated rings. The second-order valence-electron chi connectivity index (χ2n) is 2.94. The molecule has 0 aliphatic rings. The highest BCUT2D eigenvalue weighted by Gasteiger charge is 1.93. The van der Waals surface area contributed by atoms with Crippen molar-refractivity contribution in [3.63, 3.8) is 0 Å². The lowest BCUT2D eigenvalue weighted by atomic mass is 10.3. The van der Waals surface area contributed by atoms with Crippen LogP contribution in [0.1, 0.15) is 11.3 Å². The van der Waals surface area contributed by atoms with Crippen LogP contribution in [0, 0.1) is 6.92 Å². The summed E-state index contributed by atoms with van der Waals surface area (Å²) in [4.78, 5) is 8.15. The van der Waals surface area contributed by atoms with Crippen LogP contribution in [0.25, 0.3) is 0 Å². The maximum atomic E-state index is 4.22. The zero-order chi connectivity index (χ0) is 10.5. The molecule has 0 bridgehead atoms. The largest absolute Gasteiger partial charge is 0.265 e. The molecule has 0 spiro atoms. The summed E-state index contributed by atoms with van der Waals surface area (Å²) < 4.78 is 0. The molecule has 0 aliphatic heterocycles. The van der Waals surface area contributed by atoms with Crippen LogP contribution in [0.15, 0.2) is 35.0 Å². The quantitative estimate of drug-likeness (QED) is 0.635. The number of thiazole rings is 1. The van der Waals surface area contributed by atoms with E-state index in [1.54, 1.807) is 18.6 Å². The van der Waals surface area contributed by atoms with E-state index in [0.29, 0.717) is 0 Å². The summed E-state index contributed by atoms with van der Waals surface area (Å²) in [7, 11) is 0. The molecule has 2 aromatic heterocycles. The SMILES string of the molecule is Cc1csc(N/N=C\c2ccncc2)n1. The Morgan fingerprint density at radius 3 is 2.87 bits per heavy atom. The minimum Gasteiger partial charge on any atom is -0.265 e. The van der Waals surface area contributed by atoms with Crippen molar-refractivity contribution in [2.75, 3.05) is 5.43 Å². The Hall–Kier alpha value is -1.75. The third-order valence-electron chi connectivity index (χ3n) is 1.70. The zero-order valence-corrected chi connectivity index (χ0v) is 9.03. The molecule has 2 aromatic rings. The molecule has 1 N–H and O–H groups in total. The second kappa shape index (κ2) is 4.65. The Labute approximate surface area is 91.7 Å². The first-order valence-corrected chi connectivity index (χ1v) is 5.34. The minimum atomic E-state index is 0.804. The van der Waals surface area contributed by atoms with E-state index in [2.05, 4.69) is 20.5 Å². The lowest BCUT2D eigenvalue weighted by molar-refractivity contribution is 1.22. The van der Waals surface area contributed by atoms with Crippen LogP contribution in [-0.2, 0) is 0 Å². The van der Waals surface area contributed by atoms with Crippen molar-refractivity contribution in [3.05, 3.63) is 41.2 Å². The van der Waals surface area contributed by atoms with Crippen molar-refractivity contribution >= 4 is 22.7 Å². The molecule has 0 unspecified atom stereocenters. The molecule has 0 atom stereocenters. The van der Waals surface area contributed by atoms with Gasteiger partial charge in [0.1, 0.15) is 0 Å². The van der Waals surface area contributed by atoms with Crippen LogP contribution >= 0.6 is 11.3 Å². The predicted octanol–water partition coefficient (Wildman–Crippen LogP) is 2.29. The van der Waals surface area contributed by atoms with Crippen LogP contribution < -0.4 is 5.43 Å². The van der Waals surface area contributed by atoms with Crippen molar-refractivity contribution in [1.82, 2.24) is 9.97 Å². The maximum Gasteiger partial charge on any atom is 0.203 e. The number of nitrogens with one attached hydrogen (secondary N) is 1. The smallest absolute Gasteiger partial charge is 0.203 e. The Bertz CT molecular complexity index is 449. The van der Waals surface area contributed by atoms with Gasteiger partial charge in [0.2, 0.25) is 5.13 Å². The van der Waals surface area contributed by atoms with E-state index in [9.17, 15) is 0 Å². The van der Waals surface area contributed by atoms with E-state index in [1.165, 1.54) is 11.3 Å². The fourth-order valence-electron chi connectivity index (χ4n) is 1.02. The topological polar surface area (TPSA) is 50.2 Å². The van der Waals surface area contributed by atoms with Crippen molar-refractivity contribution < 1.29 is 0 Å². The molecule has 4 nitrogen and oxygen atoms in total. The number of pyridine rings is 1. The van der Waals surface area contributed by atoms with Crippen LogP contribution in [0.5, 0.6) is 0 Å². The summed E-state index contributed by atoms with van der Waals surface area (Å²) in [5.74, 6) is 0. The van der Waals surface area contributed by atoms with Gasteiger partial charge in [0, 0.05) is 17.8 Å². The summed E-state index contributed by atoms with van der Waals surface area (Å²) >= 11 is 1.54. The highest BCUT2D eigenvalue weighted by molar-refractivity contribution is 7.13. The molecule has 5 heteroatoms. The number of hydrazone groups is 1. The number of nitrogens with zero attached hydrogens (tertiary/aromatic N) is 3. The van der Waals surface area contributed by atoms with Crippen LogP contribution in [0.3, 0.4) is 0 Å². The van der Waals surface area contributed by atoms with Crippen molar-refractivity contribution in [2.45, 2.75) is 6.92 Å². The minimum absolute atomic E-state index is 0.804. The van der Waals surface area contributed by atoms with Gasteiger partial charge in [-0.1, -0.05) is 0 Å².